The van der Waals surface area contributed by atoms with Crippen LogP contribution in [0.4, 0.5) is 0 Å². The van der Waals surface area contributed by atoms with Gasteiger partial charge >= 0.3 is 0 Å². The Kier molecular flexibility index (Phi) is 3.86. The first-order valence-corrected chi connectivity index (χ1v) is 8.33. The molecule has 0 aromatic heterocycles. The highest BCUT2D eigenvalue weighted by molar-refractivity contribution is 9.10. The molecule has 3 heteroatoms. The average molecular weight is 390 g/mol. The van der Waals surface area contributed by atoms with Gasteiger partial charge in [0, 0.05) is 14.9 Å². The second-order valence-corrected chi connectivity index (χ2v) is 8.51. The molecule has 19 heavy (non-hydrogen) atoms. The summed E-state index contributed by atoms with van der Waals surface area (Å²) in [5.74, 6) is 1.59. The Morgan fingerprint density at radius 2 is 1.68 bits per heavy atom. The number of ether oxygens (including phenoxy) is 1. The van der Waals surface area contributed by atoms with Crippen LogP contribution in [-0.2, 0) is 0 Å². The molecule has 1 aliphatic carbocycles. The van der Waals surface area contributed by atoms with E-state index in [-0.39, 0.29) is 0 Å². The fourth-order valence-corrected chi connectivity index (χ4v) is 5.26. The Balaban J connectivity index is 2.41. The summed E-state index contributed by atoms with van der Waals surface area (Å²) in [6, 6.07) is 4.30. The third kappa shape index (κ3) is 2.27. The maximum atomic E-state index is 5.57. The Morgan fingerprint density at radius 1 is 1.16 bits per heavy atom. The minimum atomic E-state index is 0.323. The Labute approximate surface area is 133 Å². The maximum Gasteiger partial charge on any atom is 0.123 e. The van der Waals surface area contributed by atoms with E-state index in [1.54, 1.807) is 7.11 Å². The molecule has 1 fully saturated rings. The number of benzene rings is 1. The van der Waals surface area contributed by atoms with Crippen LogP contribution < -0.4 is 4.74 Å². The van der Waals surface area contributed by atoms with Crippen LogP contribution >= 0.6 is 31.9 Å². The highest BCUT2D eigenvalue weighted by Gasteiger charge is 2.67. The second kappa shape index (κ2) is 4.77. The van der Waals surface area contributed by atoms with Crippen molar-refractivity contribution in [2.24, 2.45) is 16.7 Å². The van der Waals surface area contributed by atoms with Crippen LogP contribution in [-0.4, -0.2) is 7.11 Å². The molecule has 1 nitrogen and oxygen atoms in total. The van der Waals surface area contributed by atoms with Crippen LogP contribution in [0, 0.1) is 23.7 Å². The smallest absolute Gasteiger partial charge is 0.123 e. The summed E-state index contributed by atoms with van der Waals surface area (Å²) < 4.78 is 6.71. The van der Waals surface area contributed by atoms with Gasteiger partial charge in [0.2, 0.25) is 0 Å². The van der Waals surface area contributed by atoms with Crippen molar-refractivity contribution < 1.29 is 4.74 Å². The first-order chi connectivity index (χ1) is 8.64. The summed E-state index contributed by atoms with van der Waals surface area (Å²) in [6.45, 7) is 11.5. The molecule has 1 atom stereocenters. The van der Waals surface area contributed by atoms with Gasteiger partial charge in [-0.1, -0.05) is 59.6 Å². The van der Waals surface area contributed by atoms with Crippen molar-refractivity contribution in [3.05, 3.63) is 27.7 Å². The zero-order chi connectivity index (χ0) is 14.6. The number of alkyl halides is 1. The van der Waals surface area contributed by atoms with Crippen molar-refractivity contribution in [2.45, 2.75) is 39.4 Å². The van der Waals surface area contributed by atoms with E-state index in [9.17, 15) is 0 Å². The molecule has 0 N–H and O–H groups in total. The lowest BCUT2D eigenvalue weighted by molar-refractivity contribution is 0.406. The molecule has 1 aromatic rings. The molecule has 2 rings (SSSR count). The summed E-state index contributed by atoms with van der Waals surface area (Å²) in [7, 11) is 1.75. The summed E-state index contributed by atoms with van der Waals surface area (Å²) in [5, 5.41) is 0. The van der Waals surface area contributed by atoms with Gasteiger partial charge < -0.3 is 4.74 Å². The molecular weight excluding hydrogens is 368 g/mol. The van der Waals surface area contributed by atoms with Crippen molar-refractivity contribution in [2.75, 3.05) is 7.11 Å². The summed E-state index contributed by atoms with van der Waals surface area (Å²) in [5.41, 5.74) is 3.14. The molecule has 0 radical (unpaired) electrons. The predicted octanol–water partition coefficient (Wildman–Crippen LogP) is 5.88. The SMILES string of the molecule is COc1cc(C)c(Br)cc1C(Br)C1C(C)(C)C1(C)C. The second-order valence-electron chi connectivity index (χ2n) is 6.67. The van der Waals surface area contributed by atoms with Gasteiger partial charge in [-0.25, -0.2) is 0 Å². The average Bonchev–Trinajstić information content (AvgIpc) is 2.72. The van der Waals surface area contributed by atoms with Crippen LogP contribution in [0.3, 0.4) is 0 Å². The van der Waals surface area contributed by atoms with Crippen LogP contribution in [0.15, 0.2) is 16.6 Å². The largest absolute Gasteiger partial charge is 0.496 e. The quantitative estimate of drug-likeness (QED) is 0.586. The van der Waals surface area contributed by atoms with Gasteiger partial charge in [-0.2, -0.15) is 0 Å². The molecule has 106 valence electrons. The number of hydrogen-bond acceptors (Lipinski definition) is 1. The lowest BCUT2D eigenvalue weighted by Crippen LogP contribution is -2.02. The maximum absolute atomic E-state index is 5.57. The molecule has 1 aliphatic rings. The Hall–Kier alpha value is -0.0200. The van der Waals surface area contributed by atoms with E-state index >= 15 is 0 Å². The first-order valence-electron chi connectivity index (χ1n) is 6.62. The zero-order valence-electron chi connectivity index (χ0n) is 12.5. The Morgan fingerprint density at radius 3 is 2.11 bits per heavy atom. The number of methoxy groups -OCH3 is 1. The van der Waals surface area contributed by atoms with E-state index in [0.717, 1.165) is 10.2 Å². The fraction of sp³-hybridized carbons (Fsp3) is 0.625. The lowest BCUT2D eigenvalue weighted by atomic mass is 10.0. The van der Waals surface area contributed by atoms with Gasteiger partial charge in [-0.3, -0.25) is 0 Å². The van der Waals surface area contributed by atoms with E-state index in [1.807, 2.05) is 0 Å². The standard InChI is InChI=1S/C16H22Br2O/c1-9-7-12(19-6)10(8-11(9)17)13(18)14-15(2,3)16(14,4)5/h7-8,13-14H,1-6H3. The van der Waals surface area contributed by atoms with Gasteiger partial charge in [-0.15, -0.1) is 0 Å². The van der Waals surface area contributed by atoms with E-state index < -0.39 is 0 Å². The van der Waals surface area contributed by atoms with Crippen molar-refractivity contribution in [3.63, 3.8) is 0 Å². The van der Waals surface area contributed by atoms with E-state index in [1.165, 1.54) is 11.1 Å². The topological polar surface area (TPSA) is 9.23 Å². The van der Waals surface area contributed by atoms with Crippen LogP contribution in [0.2, 0.25) is 0 Å². The van der Waals surface area contributed by atoms with Crippen LogP contribution in [0.1, 0.15) is 43.6 Å². The van der Waals surface area contributed by atoms with Gasteiger partial charge in [0.15, 0.2) is 0 Å². The molecule has 1 saturated carbocycles. The first kappa shape index (κ1) is 15.4. The summed E-state index contributed by atoms with van der Waals surface area (Å²) in [6.07, 6.45) is 0. The monoisotopic (exact) mass is 388 g/mol. The normalized spacial score (nSPS) is 22.1. The molecule has 1 unspecified atom stereocenters. The van der Waals surface area contributed by atoms with Crippen molar-refractivity contribution in [1.29, 1.82) is 0 Å². The van der Waals surface area contributed by atoms with Gasteiger partial charge in [-0.05, 0) is 41.4 Å². The minimum absolute atomic E-state index is 0.323. The molecular formula is C16H22Br2O. The third-order valence-electron chi connectivity index (χ3n) is 5.23. The predicted molar refractivity (Wildman–Crippen MR) is 88.2 cm³/mol. The number of rotatable bonds is 3. The minimum Gasteiger partial charge on any atom is -0.496 e. The molecule has 0 heterocycles. The van der Waals surface area contributed by atoms with Gasteiger partial charge in [0.25, 0.3) is 0 Å². The van der Waals surface area contributed by atoms with Crippen LogP contribution in [0.25, 0.3) is 0 Å². The molecule has 0 spiro atoms. The fourth-order valence-electron chi connectivity index (χ4n) is 3.22. The molecule has 1 aromatic carbocycles. The number of halogens is 2. The molecule has 0 saturated heterocycles. The number of hydrogen-bond donors (Lipinski definition) is 0. The highest BCUT2D eigenvalue weighted by Crippen LogP contribution is 2.74. The Bertz CT molecular complexity index is 492. The van der Waals surface area contributed by atoms with E-state index in [0.29, 0.717) is 21.6 Å². The molecule has 0 amide bonds. The van der Waals surface area contributed by atoms with Crippen molar-refractivity contribution in [3.8, 4) is 5.75 Å². The molecule has 0 aliphatic heterocycles. The van der Waals surface area contributed by atoms with Crippen molar-refractivity contribution in [1.82, 2.24) is 0 Å². The van der Waals surface area contributed by atoms with Gasteiger partial charge in [0.1, 0.15) is 5.75 Å². The molecule has 0 bridgehead atoms. The summed E-state index contributed by atoms with van der Waals surface area (Å²) >= 11 is 7.54. The number of aryl methyl sites for hydroxylation is 1. The van der Waals surface area contributed by atoms with Crippen molar-refractivity contribution >= 4 is 31.9 Å². The van der Waals surface area contributed by atoms with Crippen LogP contribution in [0.5, 0.6) is 5.75 Å². The lowest BCUT2D eigenvalue weighted by Gasteiger charge is -2.18. The highest BCUT2D eigenvalue weighted by atomic mass is 79.9. The van der Waals surface area contributed by atoms with E-state index in [4.69, 9.17) is 4.74 Å². The van der Waals surface area contributed by atoms with Gasteiger partial charge in [0.05, 0.1) is 7.11 Å². The zero-order valence-corrected chi connectivity index (χ0v) is 15.6. The van der Waals surface area contributed by atoms with E-state index in [2.05, 4.69) is 78.6 Å². The summed E-state index contributed by atoms with van der Waals surface area (Å²) in [4.78, 5) is 0.323. The third-order valence-corrected chi connectivity index (χ3v) is 7.11.